The van der Waals surface area contributed by atoms with Crippen LogP contribution in [0.1, 0.15) is 69.7 Å². The highest BCUT2D eigenvalue weighted by Gasteiger charge is 2.35. The number of aliphatic imine (C=N–C) groups is 1. The molecular weight excluding hydrogens is 270 g/mol. The van der Waals surface area contributed by atoms with Crippen molar-refractivity contribution < 1.29 is 0 Å². The first-order valence-electron chi connectivity index (χ1n) is 7.64. The summed E-state index contributed by atoms with van der Waals surface area (Å²) in [6, 6.07) is 0.234. The maximum absolute atomic E-state index is 12.4. The predicted octanol–water partition coefficient (Wildman–Crippen LogP) is 4.18. The normalized spacial score (nSPS) is 23.8. The molecule has 1 saturated carbocycles. The molecular formula is C15H23N3OS. The van der Waals surface area contributed by atoms with E-state index in [9.17, 15) is 4.79 Å². The van der Waals surface area contributed by atoms with E-state index in [4.69, 9.17) is 0 Å². The zero-order chi connectivity index (χ0) is 14.3. The highest BCUT2D eigenvalue weighted by atomic mass is 32.2. The number of thioether (sulfide) groups is 1. The van der Waals surface area contributed by atoms with E-state index < -0.39 is 0 Å². The van der Waals surface area contributed by atoms with Gasteiger partial charge in [-0.25, -0.2) is 4.99 Å². The van der Waals surface area contributed by atoms with Crippen molar-refractivity contribution in [2.45, 2.75) is 64.2 Å². The Labute approximate surface area is 124 Å². The zero-order valence-electron chi connectivity index (χ0n) is 12.5. The summed E-state index contributed by atoms with van der Waals surface area (Å²) in [5.74, 6) is 1.50. The smallest absolute Gasteiger partial charge is 0.268 e. The first-order valence-corrected chi connectivity index (χ1v) is 8.52. The molecule has 1 aliphatic carbocycles. The Kier molecular flexibility index (Phi) is 3.80. The van der Waals surface area contributed by atoms with Gasteiger partial charge in [-0.05, 0) is 39.5 Å². The van der Waals surface area contributed by atoms with E-state index in [-0.39, 0.29) is 11.6 Å². The molecule has 0 radical (unpaired) electrons. The third-order valence-corrected chi connectivity index (χ3v) is 5.68. The third-order valence-electron chi connectivity index (χ3n) is 4.38. The molecule has 0 bridgehead atoms. The van der Waals surface area contributed by atoms with Crippen molar-refractivity contribution in [1.82, 2.24) is 9.78 Å². The molecule has 0 amide bonds. The monoisotopic (exact) mass is 293 g/mol. The predicted molar refractivity (Wildman–Crippen MR) is 85.1 cm³/mol. The Morgan fingerprint density at radius 1 is 1.30 bits per heavy atom. The number of nitrogens with zero attached hydrogens (tertiary/aromatic N) is 2. The van der Waals surface area contributed by atoms with Crippen molar-refractivity contribution in [3.05, 3.63) is 15.9 Å². The van der Waals surface area contributed by atoms with Crippen LogP contribution in [0.15, 0.2) is 9.79 Å². The molecule has 3 rings (SSSR count). The minimum Gasteiger partial charge on any atom is -0.268 e. The van der Waals surface area contributed by atoms with Crippen LogP contribution in [0.2, 0.25) is 0 Å². The van der Waals surface area contributed by atoms with Crippen molar-refractivity contribution in [3.8, 4) is 0 Å². The zero-order valence-corrected chi connectivity index (χ0v) is 13.3. The summed E-state index contributed by atoms with van der Waals surface area (Å²) in [6.07, 6.45) is 6.44. The van der Waals surface area contributed by atoms with Crippen LogP contribution in [-0.2, 0) is 0 Å². The van der Waals surface area contributed by atoms with Crippen LogP contribution < -0.4 is 5.56 Å². The lowest BCUT2D eigenvalue weighted by Gasteiger charge is -2.31. The molecule has 110 valence electrons. The van der Waals surface area contributed by atoms with Crippen molar-refractivity contribution in [3.63, 3.8) is 0 Å². The standard InChI is InChI=1S/C15H23N3OS/c1-9(2)18-14-12(15(19)17-18)13(20-10(3)16-14)11-7-5-4-6-8-11/h9,11,13H,4-8H2,1-3H3,(H,17,19)/t13-/m1/s1. The number of hydrogen-bond acceptors (Lipinski definition) is 3. The number of aromatic amines is 1. The summed E-state index contributed by atoms with van der Waals surface area (Å²) in [4.78, 5) is 17.0. The molecule has 1 aromatic rings. The second kappa shape index (κ2) is 5.43. The summed E-state index contributed by atoms with van der Waals surface area (Å²) < 4.78 is 1.93. The van der Waals surface area contributed by atoms with Crippen molar-refractivity contribution in [1.29, 1.82) is 0 Å². The molecule has 0 aromatic carbocycles. The highest BCUT2D eigenvalue weighted by Crippen LogP contribution is 2.48. The molecule has 20 heavy (non-hydrogen) atoms. The molecule has 5 heteroatoms. The Balaban J connectivity index is 2.05. The van der Waals surface area contributed by atoms with Crippen LogP contribution in [0.25, 0.3) is 0 Å². The minimum atomic E-state index is 0.0630. The fourth-order valence-electron chi connectivity index (χ4n) is 3.39. The number of H-pyrrole nitrogens is 1. The second-order valence-corrected chi connectivity index (χ2v) is 7.54. The molecule has 2 heterocycles. The van der Waals surface area contributed by atoms with Crippen molar-refractivity contribution in [2.24, 2.45) is 10.9 Å². The summed E-state index contributed by atoms with van der Waals surface area (Å²) in [5.41, 5.74) is 0.981. The number of rotatable bonds is 2. The van der Waals surface area contributed by atoms with Crippen molar-refractivity contribution in [2.75, 3.05) is 0 Å². The van der Waals surface area contributed by atoms with Gasteiger partial charge in [0.25, 0.3) is 5.56 Å². The maximum Gasteiger partial charge on any atom is 0.270 e. The molecule has 2 aliphatic rings. The van der Waals surface area contributed by atoms with Crippen LogP contribution in [0.4, 0.5) is 5.82 Å². The summed E-state index contributed by atoms with van der Waals surface area (Å²) in [5, 5.41) is 4.37. The SMILES string of the molecule is CC1=Nc2c(c(=O)[nH]n2C(C)C)[C@@H](C2CCCCC2)S1. The van der Waals surface area contributed by atoms with E-state index in [0.29, 0.717) is 11.2 Å². The van der Waals surface area contributed by atoms with Gasteiger partial charge in [-0.1, -0.05) is 19.3 Å². The van der Waals surface area contributed by atoms with Crippen LogP contribution in [-0.4, -0.2) is 14.8 Å². The molecule has 1 N–H and O–H groups in total. The lowest BCUT2D eigenvalue weighted by molar-refractivity contribution is 0.351. The molecule has 1 aliphatic heterocycles. The van der Waals surface area contributed by atoms with E-state index >= 15 is 0 Å². The van der Waals surface area contributed by atoms with Gasteiger partial charge in [0.2, 0.25) is 0 Å². The Bertz CT molecular complexity index is 578. The van der Waals surface area contributed by atoms with E-state index in [1.165, 1.54) is 32.1 Å². The second-order valence-electron chi connectivity index (χ2n) is 6.21. The van der Waals surface area contributed by atoms with Crippen LogP contribution >= 0.6 is 11.8 Å². The van der Waals surface area contributed by atoms with Gasteiger partial charge in [0.1, 0.15) is 0 Å². The van der Waals surface area contributed by atoms with Crippen LogP contribution in [0, 0.1) is 5.92 Å². The summed E-state index contributed by atoms with van der Waals surface area (Å²) in [6.45, 7) is 6.22. The largest absolute Gasteiger partial charge is 0.270 e. The third kappa shape index (κ3) is 2.36. The van der Waals surface area contributed by atoms with Gasteiger partial charge < -0.3 is 0 Å². The number of nitrogens with one attached hydrogen (secondary N) is 1. The Hall–Kier alpha value is -0.970. The van der Waals surface area contributed by atoms with E-state index in [1.807, 2.05) is 4.68 Å². The molecule has 1 atom stereocenters. The molecule has 1 aromatic heterocycles. The van der Waals surface area contributed by atoms with Gasteiger partial charge in [-0.15, -0.1) is 11.8 Å². The van der Waals surface area contributed by atoms with Gasteiger partial charge in [0, 0.05) is 11.3 Å². The fourth-order valence-corrected chi connectivity index (χ4v) is 4.69. The lowest BCUT2D eigenvalue weighted by atomic mass is 9.84. The van der Waals surface area contributed by atoms with Gasteiger partial charge in [0.15, 0.2) is 5.82 Å². The average molecular weight is 293 g/mol. The molecule has 0 saturated heterocycles. The number of fused-ring (bicyclic) bond motifs is 1. The minimum absolute atomic E-state index is 0.0630. The molecule has 0 spiro atoms. The molecule has 4 nitrogen and oxygen atoms in total. The summed E-state index contributed by atoms with van der Waals surface area (Å²) >= 11 is 1.79. The Morgan fingerprint density at radius 3 is 2.65 bits per heavy atom. The van der Waals surface area contributed by atoms with Gasteiger partial charge >= 0.3 is 0 Å². The van der Waals surface area contributed by atoms with E-state index in [1.54, 1.807) is 11.8 Å². The van der Waals surface area contributed by atoms with Gasteiger partial charge in [-0.2, -0.15) is 0 Å². The number of aromatic nitrogens is 2. The lowest BCUT2D eigenvalue weighted by Crippen LogP contribution is -2.21. The topological polar surface area (TPSA) is 50.1 Å². The van der Waals surface area contributed by atoms with E-state index in [0.717, 1.165) is 16.4 Å². The first-order chi connectivity index (χ1) is 9.58. The average Bonchev–Trinajstić information content (AvgIpc) is 2.76. The number of hydrogen-bond donors (Lipinski definition) is 1. The quantitative estimate of drug-likeness (QED) is 0.889. The first kappa shape index (κ1) is 14.0. The summed E-state index contributed by atoms with van der Waals surface area (Å²) in [7, 11) is 0. The highest BCUT2D eigenvalue weighted by molar-refractivity contribution is 8.14. The molecule has 1 fully saturated rings. The van der Waals surface area contributed by atoms with Gasteiger partial charge in [0.05, 0.1) is 10.6 Å². The maximum atomic E-state index is 12.4. The Morgan fingerprint density at radius 2 is 2.00 bits per heavy atom. The van der Waals surface area contributed by atoms with Crippen LogP contribution in [0.3, 0.4) is 0 Å². The van der Waals surface area contributed by atoms with Gasteiger partial charge in [-0.3, -0.25) is 14.6 Å². The fraction of sp³-hybridized carbons (Fsp3) is 0.733. The molecule has 0 unspecified atom stereocenters. The van der Waals surface area contributed by atoms with Crippen molar-refractivity contribution >= 4 is 22.6 Å². The van der Waals surface area contributed by atoms with E-state index in [2.05, 4.69) is 30.9 Å². The van der Waals surface area contributed by atoms with Crippen LogP contribution in [0.5, 0.6) is 0 Å².